The predicted octanol–water partition coefficient (Wildman–Crippen LogP) is 11.3. The van der Waals surface area contributed by atoms with Crippen molar-refractivity contribution in [2.24, 2.45) is 0 Å². The van der Waals surface area contributed by atoms with Gasteiger partial charge in [0.25, 0.3) is 13.4 Å². The fourth-order valence-corrected chi connectivity index (χ4v) is 7.91. The van der Waals surface area contributed by atoms with Crippen LogP contribution in [0, 0.1) is 175 Å². The second kappa shape index (κ2) is 24.3. The van der Waals surface area contributed by atoms with Crippen LogP contribution >= 0.6 is 0 Å². The minimum atomic E-state index is -3.96. The Morgan fingerprint density at radius 1 is 0.188 bits per heavy atom. The van der Waals surface area contributed by atoms with Crippen LogP contribution in [0.25, 0.3) is 22.5 Å². The smallest absolute Gasteiger partial charge is 0.265 e. The van der Waals surface area contributed by atoms with Gasteiger partial charge in [-0.2, -0.15) is 0 Å². The van der Waals surface area contributed by atoms with Crippen molar-refractivity contribution in [1.29, 1.82) is 0 Å². The molecule has 1 aromatic heterocycles. The molecule has 0 spiro atoms. The highest BCUT2D eigenvalue weighted by atomic mass is 19.2. The zero-order valence-corrected chi connectivity index (χ0v) is 39.6. The molecule has 9 rings (SSSR count). The highest BCUT2D eigenvalue weighted by Gasteiger charge is 2.47. The van der Waals surface area contributed by atoms with Gasteiger partial charge in [-0.25, -0.2) is 132 Å². The first-order valence-electron chi connectivity index (χ1n) is 21.8. The minimum absolute atomic E-state index is 0.830. The molecule has 85 heavy (non-hydrogen) atoms. The highest BCUT2D eigenvalue weighted by molar-refractivity contribution is 6.96. The summed E-state index contributed by atoms with van der Waals surface area (Å²) in [6, 6.07) is 20.0. The second-order valence-electron chi connectivity index (χ2n) is 16.5. The van der Waals surface area contributed by atoms with Gasteiger partial charge in [-0.05, 0) is 0 Å². The van der Waals surface area contributed by atoms with Crippen molar-refractivity contribution in [3.8, 4) is 22.5 Å². The first-order valence-corrected chi connectivity index (χ1v) is 21.8. The average molecular weight is 1240 g/mol. The van der Waals surface area contributed by atoms with Gasteiger partial charge in [0.15, 0.2) is 175 Å². The van der Waals surface area contributed by atoms with Crippen LogP contribution in [-0.4, -0.2) is 23.6 Å². The van der Waals surface area contributed by atoms with Crippen LogP contribution in [0.1, 0.15) is 0 Å². The molecule has 0 N–H and O–H groups in total. The molecule has 0 aliphatic heterocycles. The Labute approximate surface area is 450 Å². The van der Waals surface area contributed by atoms with Crippen molar-refractivity contribution in [2.75, 3.05) is 0 Å². The maximum Gasteiger partial charge on any atom is 0.265 e. The highest BCUT2D eigenvalue weighted by Crippen LogP contribution is 2.29. The third-order valence-corrected chi connectivity index (χ3v) is 11.8. The molecule has 0 saturated carbocycles. The van der Waals surface area contributed by atoms with Crippen molar-refractivity contribution in [1.82, 2.24) is 15.4 Å². The molecular formula is C50H10B2F30N3-. The van der Waals surface area contributed by atoms with Gasteiger partial charge >= 0.3 is 0 Å². The molecule has 0 saturated heterocycles. The van der Waals surface area contributed by atoms with Gasteiger partial charge in [-0.1, -0.05) is 60.7 Å². The fourth-order valence-electron chi connectivity index (χ4n) is 7.91. The zero-order valence-electron chi connectivity index (χ0n) is 39.6. The number of hydrogen-bond acceptors (Lipinski definition) is 2. The van der Waals surface area contributed by atoms with Crippen LogP contribution in [-0.2, 0) is 0 Å². The lowest BCUT2D eigenvalue weighted by Gasteiger charge is -2.21. The van der Waals surface area contributed by atoms with Gasteiger partial charge in [-0.15, -0.1) is 0 Å². The molecule has 9 aromatic rings. The Morgan fingerprint density at radius 2 is 0.318 bits per heavy atom. The first-order chi connectivity index (χ1) is 39.8. The van der Waals surface area contributed by atoms with E-state index in [1.807, 2.05) is 60.7 Å². The third-order valence-electron chi connectivity index (χ3n) is 11.8. The SMILES string of the molecule is Fc1c(F)c(F)c(B(c2c(F)c(F)c(F)c(F)c2F)c2c(F)c(F)c(F)c(F)c2F)c(F)c1F.Fc1c(F)c(F)c(B(c2c(F)c(F)c(F)c(F)c2F)c2c(F)c(F)c(F)c(F)c2F)c(F)c1F.c1ccc(-c2n[n-]nc2-c2ccccc2)cc1. The minimum Gasteiger partial charge on any atom is -0.492 e. The van der Waals surface area contributed by atoms with Crippen LogP contribution in [0.5, 0.6) is 0 Å². The molecule has 1 heterocycles. The van der Waals surface area contributed by atoms with Crippen LogP contribution in [0.3, 0.4) is 0 Å². The predicted molar refractivity (Wildman–Crippen MR) is 233 cm³/mol. The summed E-state index contributed by atoms with van der Waals surface area (Å²) >= 11 is 0. The van der Waals surface area contributed by atoms with Crippen molar-refractivity contribution in [3.05, 3.63) is 235 Å². The van der Waals surface area contributed by atoms with E-state index in [1.54, 1.807) is 0 Å². The summed E-state index contributed by atoms with van der Waals surface area (Å²) in [5.74, 6) is -90.4. The summed E-state index contributed by atoms with van der Waals surface area (Å²) in [7, 11) is 0. The van der Waals surface area contributed by atoms with Gasteiger partial charge in [0.1, 0.15) is 0 Å². The molecule has 0 amide bonds. The standard InChI is InChI=1S/2C18BF15.C14H10N3/c2*20-4-1(5(21)11(27)16(32)10(4)26)19(2-6(22)12(28)17(33)13(29)7(2)23)3-8(24)14(30)18(34)15(31)9(3)25;1-3-7-11(8-4-1)13-14(16-17-15-13)12-9-5-2-6-10-12/h;;1-10H/q;;-1. The van der Waals surface area contributed by atoms with E-state index >= 15 is 0 Å². The first kappa shape index (κ1) is 63.5. The van der Waals surface area contributed by atoms with Crippen molar-refractivity contribution in [3.63, 3.8) is 0 Å². The molecule has 0 atom stereocenters. The van der Waals surface area contributed by atoms with Crippen molar-refractivity contribution in [2.45, 2.75) is 0 Å². The van der Waals surface area contributed by atoms with Gasteiger partial charge in [0, 0.05) is 43.9 Å². The molecular weight excluding hydrogens is 1230 g/mol. The molecule has 0 aliphatic carbocycles. The number of rotatable bonds is 8. The summed E-state index contributed by atoms with van der Waals surface area (Å²) < 4.78 is 417. The van der Waals surface area contributed by atoms with Gasteiger partial charge in [0.2, 0.25) is 0 Å². The second-order valence-corrected chi connectivity index (χ2v) is 16.5. The lowest BCUT2D eigenvalue weighted by Crippen LogP contribution is -2.60. The normalized spacial score (nSPS) is 11.2. The Hall–Kier alpha value is -9.07. The third kappa shape index (κ3) is 10.7. The monoisotopic (exact) mass is 1240 g/mol. The van der Waals surface area contributed by atoms with E-state index in [2.05, 4.69) is 15.4 Å². The van der Waals surface area contributed by atoms with E-state index in [4.69, 9.17) is 0 Å². The van der Waals surface area contributed by atoms with Crippen molar-refractivity contribution >= 4 is 46.2 Å². The molecule has 0 bridgehead atoms. The fraction of sp³-hybridized carbons (Fsp3) is 0. The lowest BCUT2D eigenvalue weighted by molar-refractivity contribution is 0.380. The lowest BCUT2D eigenvalue weighted by atomic mass is 9.36. The van der Waals surface area contributed by atoms with E-state index in [9.17, 15) is 132 Å². The Morgan fingerprint density at radius 3 is 0.459 bits per heavy atom. The van der Waals surface area contributed by atoms with Crippen LogP contribution in [0.15, 0.2) is 60.7 Å². The summed E-state index contributed by atoms with van der Waals surface area (Å²) in [5.41, 5.74) is -12.3. The van der Waals surface area contributed by atoms with Crippen LogP contribution in [0.4, 0.5) is 132 Å². The number of aromatic nitrogens is 3. The Balaban J connectivity index is 0.000000192. The van der Waals surface area contributed by atoms with Crippen molar-refractivity contribution < 1.29 is 132 Å². The maximum atomic E-state index is 14.4. The molecule has 0 unspecified atom stereocenters. The van der Waals surface area contributed by atoms with E-state index in [1.165, 1.54) is 0 Å². The maximum absolute atomic E-state index is 14.4. The van der Waals surface area contributed by atoms with E-state index in [-0.39, 0.29) is 0 Å². The average Bonchev–Trinajstić information content (AvgIpc) is 1.54. The number of benzene rings is 8. The molecule has 0 radical (unpaired) electrons. The quantitative estimate of drug-likeness (QED) is 0.0659. The van der Waals surface area contributed by atoms with E-state index < -0.39 is 221 Å². The molecule has 0 aliphatic rings. The van der Waals surface area contributed by atoms with Gasteiger partial charge in [0.05, 0.1) is 11.4 Å². The molecule has 442 valence electrons. The van der Waals surface area contributed by atoms with E-state index in [0.717, 1.165) is 22.5 Å². The summed E-state index contributed by atoms with van der Waals surface area (Å²) in [6.07, 6.45) is 0. The Kier molecular flexibility index (Phi) is 18.1. The molecule has 8 aromatic carbocycles. The number of nitrogens with zero attached hydrogens (tertiary/aromatic N) is 3. The van der Waals surface area contributed by atoms with Gasteiger partial charge < -0.3 is 15.4 Å². The van der Waals surface area contributed by atoms with Crippen LogP contribution < -0.4 is 38.0 Å². The largest absolute Gasteiger partial charge is 0.492 e. The van der Waals surface area contributed by atoms with Crippen LogP contribution in [0.2, 0.25) is 0 Å². The molecule has 0 fully saturated rings. The number of hydrogen-bond donors (Lipinski definition) is 0. The summed E-state index contributed by atoms with van der Waals surface area (Å²) in [4.78, 5) is 0. The zero-order chi connectivity index (χ0) is 63.4. The van der Waals surface area contributed by atoms with E-state index in [0.29, 0.717) is 0 Å². The topological polar surface area (TPSA) is 39.9 Å². The Bertz CT molecular complexity index is 3400. The molecule has 3 nitrogen and oxygen atoms in total. The molecule has 35 heteroatoms. The summed E-state index contributed by atoms with van der Waals surface area (Å²) in [5, 5.41) is 12.0. The number of halogens is 30. The van der Waals surface area contributed by atoms with Gasteiger partial charge in [-0.3, -0.25) is 0 Å². The summed E-state index contributed by atoms with van der Waals surface area (Å²) in [6.45, 7) is -7.92.